The van der Waals surface area contributed by atoms with Crippen LogP contribution in [0.3, 0.4) is 0 Å². The van der Waals surface area contributed by atoms with Gasteiger partial charge in [-0.15, -0.1) is 22.7 Å². The lowest BCUT2D eigenvalue weighted by Crippen LogP contribution is -2.41. The molecule has 0 radical (unpaired) electrons. The summed E-state index contributed by atoms with van der Waals surface area (Å²) in [7, 11) is 0. The van der Waals surface area contributed by atoms with Gasteiger partial charge >= 0.3 is 0 Å². The van der Waals surface area contributed by atoms with Crippen LogP contribution in [-0.4, -0.2) is 22.8 Å². The highest BCUT2D eigenvalue weighted by molar-refractivity contribution is 7.16. The fraction of sp³-hybridized carbons (Fsp3) is 0.133. The molecule has 0 unspecified atom stereocenters. The molecule has 2 heterocycles. The molecular weight excluding hydrogens is 318 g/mol. The highest BCUT2D eigenvalue weighted by Gasteiger charge is 2.17. The summed E-state index contributed by atoms with van der Waals surface area (Å²) in [6.07, 6.45) is 0. The van der Waals surface area contributed by atoms with Crippen LogP contribution >= 0.6 is 22.7 Å². The van der Waals surface area contributed by atoms with E-state index in [1.807, 2.05) is 23.6 Å². The molecule has 2 aromatic heterocycles. The molecule has 7 heteroatoms. The number of nitrogens with one attached hydrogen (secondary N) is 2. The number of carbonyl (C=O) groups is 2. The SMILES string of the molecule is C[C@@H](NC(=O)c1cccs1)C(=O)Nc1ccc2scnc2c1. The van der Waals surface area contributed by atoms with Crippen LogP contribution in [0.2, 0.25) is 0 Å². The summed E-state index contributed by atoms with van der Waals surface area (Å²) >= 11 is 2.89. The molecule has 2 N–H and O–H groups in total. The molecule has 0 spiro atoms. The number of hydrogen-bond donors (Lipinski definition) is 2. The minimum absolute atomic E-state index is 0.243. The molecule has 0 bridgehead atoms. The summed E-state index contributed by atoms with van der Waals surface area (Å²) in [5.41, 5.74) is 3.28. The van der Waals surface area contributed by atoms with Crippen molar-refractivity contribution in [1.82, 2.24) is 10.3 Å². The van der Waals surface area contributed by atoms with E-state index in [0.29, 0.717) is 10.6 Å². The van der Waals surface area contributed by atoms with E-state index in [2.05, 4.69) is 15.6 Å². The fourth-order valence-electron chi connectivity index (χ4n) is 1.93. The van der Waals surface area contributed by atoms with Crippen LogP contribution in [0.15, 0.2) is 41.2 Å². The largest absolute Gasteiger partial charge is 0.340 e. The zero-order chi connectivity index (χ0) is 15.5. The minimum atomic E-state index is -0.624. The molecule has 1 atom stereocenters. The van der Waals surface area contributed by atoms with E-state index >= 15 is 0 Å². The molecule has 3 aromatic rings. The quantitative estimate of drug-likeness (QED) is 0.771. The van der Waals surface area contributed by atoms with Crippen LogP contribution in [-0.2, 0) is 4.79 Å². The van der Waals surface area contributed by atoms with Crippen molar-refractivity contribution in [2.45, 2.75) is 13.0 Å². The second kappa shape index (κ2) is 6.25. The maximum absolute atomic E-state index is 12.2. The highest BCUT2D eigenvalue weighted by Crippen LogP contribution is 2.21. The second-order valence-electron chi connectivity index (χ2n) is 4.70. The molecule has 1 aromatic carbocycles. The first kappa shape index (κ1) is 14.7. The number of aromatic nitrogens is 1. The molecule has 22 heavy (non-hydrogen) atoms. The Morgan fingerprint density at radius 1 is 1.23 bits per heavy atom. The van der Waals surface area contributed by atoms with E-state index in [4.69, 9.17) is 0 Å². The van der Waals surface area contributed by atoms with Gasteiger partial charge in [0.2, 0.25) is 5.91 Å². The van der Waals surface area contributed by atoms with Gasteiger partial charge in [-0.2, -0.15) is 0 Å². The zero-order valence-corrected chi connectivity index (χ0v) is 13.3. The van der Waals surface area contributed by atoms with E-state index in [9.17, 15) is 9.59 Å². The first-order valence-corrected chi connectivity index (χ1v) is 8.38. The number of thiophene rings is 1. The number of carbonyl (C=O) groups excluding carboxylic acids is 2. The molecular formula is C15H13N3O2S2. The maximum Gasteiger partial charge on any atom is 0.261 e. The highest BCUT2D eigenvalue weighted by atomic mass is 32.1. The van der Waals surface area contributed by atoms with Gasteiger partial charge in [-0.1, -0.05) is 6.07 Å². The molecule has 0 aliphatic heterocycles. The van der Waals surface area contributed by atoms with Crippen molar-refractivity contribution >= 4 is 50.4 Å². The average molecular weight is 331 g/mol. The summed E-state index contributed by atoms with van der Waals surface area (Å²) in [5.74, 6) is -0.507. The molecule has 0 saturated heterocycles. The zero-order valence-electron chi connectivity index (χ0n) is 11.7. The first-order valence-electron chi connectivity index (χ1n) is 6.62. The Balaban J connectivity index is 1.64. The Morgan fingerprint density at radius 3 is 2.86 bits per heavy atom. The summed E-state index contributed by atoms with van der Waals surface area (Å²) in [4.78, 5) is 28.9. The standard InChI is InChI=1S/C15H13N3O2S2/c1-9(17-15(20)13-3-2-6-21-13)14(19)18-10-4-5-12-11(7-10)16-8-22-12/h2-9H,1H3,(H,17,20)(H,18,19)/t9-/m1/s1. The first-order chi connectivity index (χ1) is 10.6. The molecule has 112 valence electrons. The van der Waals surface area contributed by atoms with Gasteiger partial charge in [0.05, 0.1) is 20.6 Å². The molecule has 0 saturated carbocycles. The van der Waals surface area contributed by atoms with Gasteiger partial charge in [0.1, 0.15) is 6.04 Å². The molecule has 3 rings (SSSR count). The Morgan fingerprint density at radius 2 is 2.09 bits per heavy atom. The Bertz CT molecular complexity index is 811. The summed E-state index contributed by atoms with van der Waals surface area (Å²) < 4.78 is 1.07. The number of nitrogens with zero attached hydrogens (tertiary/aromatic N) is 1. The smallest absolute Gasteiger partial charge is 0.261 e. The topological polar surface area (TPSA) is 71.1 Å². The van der Waals surface area contributed by atoms with Gasteiger partial charge in [0, 0.05) is 5.69 Å². The third-order valence-electron chi connectivity index (χ3n) is 3.08. The van der Waals surface area contributed by atoms with Crippen molar-refractivity contribution in [3.05, 3.63) is 46.1 Å². The molecule has 5 nitrogen and oxygen atoms in total. The third-order valence-corrected chi connectivity index (χ3v) is 4.76. The van der Waals surface area contributed by atoms with Gasteiger partial charge in [0.15, 0.2) is 0 Å². The van der Waals surface area contributed by atoms with E-state index in [0.717, 1.165) is 10.2 Å². The van der Waals surface area contributed by atoms with Crippen molar-refractivity contribution in [3.63, 3.8) is 0 Å². The van der Waals surface area contributed by atoms with Gasteiger partial charge in [0.25, 0.3) is 5.91 Å². The van der Waals surface area contributed by atoms with Crippen LogP contribution in [0.5, 0.6) is 0 Å². The number of benzene rings is 1. The van der Waals surface area contributed by atoms with Crippen molar-refractivity contribution in [2.24, 2.45) is 0 Å². The average Bonchev–Trinajstić information content (AvgIpc) is 3.18. The van der Waals surface area contributed by atoms with Gasteiger partial charge in [-0.05, 0) is 36.6 Å². The lowest BCUT2D eigenvalue weighted by molar-refractivity contribution is -0.117. The Labute approximate surface area is 135 Å². The van der Waals surface area contributed by atoms with E-state index in [1.54, 1.807) is 35.9 Å². The Hall–Kier alpha value is -2.25. The lowest BCUT2D eigenvalue weighted by atomic mass is 10.2. The van der Waals surface area contributed by atoms with E-state index in [1.165, 1.54) is 11.3 Å². The monoisotopic (exact) mass is 331 g/mol. The predicted octanol–water partition coefficient (Wildman–Crippen LogP) is 3.11. The van der Waals surface area contributed by atoms with Crippen LogP contribution < -0.4 is 10.6 Å². The van der Waals surface area contributed by atoms with Crippen LogP contribution in [0.4, 0.5) is 5.69 Å². The molecule has 0 fully saturated rings. The number of anilines is 1. The number of amides is 2. The minimum Gasteiger partial charge on any atom is -0.340 e. The normalized spacial score (nSPS) is 12.0. The molecule has 0 aliphatic carbocycles. The van der Waals surface area contributed by atoms with Gasteiger partial charge in [-0.3, -0.25) is 9.59 Å². The summed E-state index contributed by atoms with van der Waals surface area (Å²) in [5, 5.41) is 7.29. The lowest BCUT2D eigenvalue weighted by Gasteiger charge is -2.13. The number of hydrogen-bond acceptors (Lipinski definition) is 5. The van der Waals surface area contributed by atoms with Gasteiger partial charge < -0.3 is 10.6 Å². The van der Waals surface area contributed by atoms with Crippen LogP contribution in [0, 0.1) is 0 Å². The summed E-state index contributed by atoms with van der Waals surface area (Å²) in [6, 6.07) is 8.45. The fourth-order valence-corrected chi connectivity index (χ4v) is 3.21. The van der Waals surface area contributed by atoms with Crippen molar-refractivity contribution < 1.29 is 9.59 Å². The van der Waals surface area contributed by atoms with Crippen molar-refractivity contribution in [1.29, 1.82) is 0 Å². The predicted molar refractivity (Wildman–Crippen MR) is 89.5 cm³/mol. The molecule has 2 amide bonds. The maximum atomic E-state index is 12.2. The second-order valence-corrected chi connectivity index (χ2v) is 6.53. The van der Waals surface area contributed by atoms with E-state index < -0.39 is 6.04 Å². The van der Waals surface area contributed by atoms with Crippen LogP contribution in [0.1, 0.15) is 16.6 Å². The van der Waals surface area contributed by atoms with E-state index in [-0.39, 0.29) is 11.8 Å². The van der Waals surface area contributed by atoms with Gasteiger partial charge in [-0.25, -0.2) is 4.98 Å². The number of rotatable bonds is 4. The third kappa shape index (κ3) is 3.15. The number of fused-ring (bicyclic) bond motifs is 1. The van der Waals surface area contributed by atoms with Crippen molar-refractivity contribution in [3.8, 4) is 0 Å². The summed E-state index contributed by atoms with van der Waals surface area (Å²) in [6.45, 7) is 1.65. The van der Waals surface area contributed by atoms with Crippen molar-refractivity contribution in [2.75, 3.05) is 5.32 Å². The van der Waals surface area contributed by atoms with Crippen LogP contribution in [0.25, 0.3) is 10.2 Å². The molecule has 0 aliphatic rings. The number of thiazole rings is 1. The Kier molecular flexibility index (Phi) is 4.17.